The highest BCUT2D eigenvalue weighted by Gasteiger charge is 2.27. The largest absolute Gasteiger partial charge is 0.314 e. The fourth-order valence-electron chi connectivity index (χ4n) is 2.49. The molecular formula is C13H29N3O2S. The summed E-state index contributed by atoms with van der Waals surface area (Å²) in [5.74, 6) is 0.628. The Bertz CT molecular complexity index is 342. The van der Waals surface area contributed by atoms with E-state index in [0.717, 1.165) is 39.3 Å². The van der Waals surface area contributed by atoms with Crippen molar-refractivity contribution in [1.82, 2.24) is 15.1 Å². The van der Waals surface area contributed by atoms with E-state index in [0.29, 0.717) is 18.1 Å². The van der Waals surface area contributed by atoms with Crippen molar-refractivity contribution in [3.8, 4) is 0 Å². The third-order valence-electron chi connectivity index (χ3n) is 3.88. The second-order valence-corrected chi connectivity index (χ2v) is 7.50. The van der Waals surface area contributed by atoms with Gasteiger partial charge in [0, 0.05) is 38.8 Å². The van der Waals surface area contributed by atoms with Gasteiger partial charge >= 0.3 is 0 Å². The van der Waals surface area contributed by atoms with Gasteiger partial charge in [-0.2, -0.15) is 0 Å². The number of nitrogens with one attached hydrogen (secondary N) is 1. The fraction of sp³-hybridized carbons (Fsp3) is 1.00. The second kappa shape index (κ2) is 8.19. The van der Waals surface area contributed by atoms with Gasteiger partial charge in [0.2, 0.25) is 0 Å². The summed E-state index contributed by atoms with van der Waals surface area (Å²) in [4.78, 5) is 4.66. The Morgan fingerprint density at radius 2 is 1.95 bits per heavy atom. The molecule has 5 nitrogen and oxygen atoms in total. The lowest BCUT2D eigenvalue weighted by Crippen LogP contribution is -2.49. The number of hydrogen-bond acceptors (Lipinski definition) is 5. The summed E-state index contributed by atoms with van der Waals surface area (Å²) in [6.45, 7) is 13.2. The highest BCUT2D eigenvalue weighted by molar-refractivity contribution is 7.91. The molecule has 19 heavy (non-hydrogen) atoms. The first-order chi connectivity index (χ1) is 8.98. The van der Waals surface area contributed by atoms with Crippen LogP contribution in [-0.4, -0.2) is 81.6 Å². The van der Waals surface area contributed by atoms with Crippen LogP contribution in [0, 0.1) is 0 Å². The van der Waals surface area contributed by atoms with E-state index in [1.54, 1.807) is 0 Å². The van der Waals surface area contributed by atoms with Crippen molar-refractivity contribution < 1.29 is 8.42 Å². The van der Waals surface area contributed by atoms with Gasteiger partial charge in [0.1, 0.15) is 0 Å². The molecule has 1 N–H and O–H groups in total. The monoisotopic (exact) mass is 291 g/mol. The van der Waals surface area contributed by atoms with E-state index in [9.17, 15) is 8.42 Å². The van der Waals surface area contributed by atoms with E-state index in [1.807, 2.05) is 6.92 Å². The molecule has 0 aliphatic carbocycles. The first-order valence-corrected chi connectivity index (χ1v) is 9.18. The summed E-state index contributed by atoms with van der Waals surface area (Å²) in [5, 5.41) is 3.44. The normalized spacial score (nSPS) is 23.9. The maximum absolute atomic E-state index is 11.5. The molecule has 0 amide bonds. The summed E-state index contributed by atoms with van der Waals surface area (Å²) in [6.07, 6.45) is 0. The zero-order chi connectivity index (χ0) is 14.3. The molecule has 0 radical (unpaired) electrons. The Kier molecular flexibility index (Phi) is 7.28. The standard InChI is InChI=1S/C13H29N3O2S/c1-4-15(5-2)8-6-14-7-9-16-10-11-19(17,18)12-13(16)3/h13-14H,4-12H2,1-3H3. The highest BCUT2D eigenvalue weighted by atomic mass is 32.2. The molecule has 0 bridgehead atoms. The van der Waals surface area contributed by atoms with Crippen molar-refractivity contribution in [2.45, 2.75) is 26.8 Å². The molecule has 1 atom stereocenters. The third-order valence-corrected chi connectivity index (χ3v) is 5.68. The Balaban J connectivity index is 2.13. The zero-order valence-corrected chi connectivity index (χ0v) is 13.4. The SMILES string of the molecule is CCN(CC)CCNCCN1CCS(=O)(=O)CC1C. The van der Waals surface area contributed by atoms with Crippen LogP contribution in [0.1, 0.15) is 20.8 Å². The first-order valence-electron chi connectivity index (χ1n) is 7.36. The molecule has 1 aliphatic rings. The van der Waals surface area contributed by atoms with Gasteiger partial charge in [0.05, 0.1) is 11.5 Å². The molecule has 0 aromatic heterocycles. The molecule has 1 fully saturated rings. The van der Waals surface area contributed by atoms with Crippen molar-refractivity contribution in [2.24, 2.45) is 0 Å². The lowest BCUT2D eigenvalue weighted by Gasteiger charge is -2.33. The maximum Gasteiger partial charge on any atom is 0.153 e. The molecule has 0 spiro atoms. The van der Waals surface area contributed by atoms with E-state index in [-0.39, 0.29) is 6.04 Å². The number of sulfone groups is 1. The van der Waals surface area contributed by atoms with Crippen molar-refractivity contribution in [1.29, 1.82) is 0 Å². The summed E-state index contributed by atoms with van der Waals surface area (Å²) in [6, 6.07) is 0.156. The minimum atomic E-state index is -2.79. The van der Waals surface area contributed by atoms with E-state index < -0.39 is 9.84 Å². The van der Waals surface area contributed by atoms with E-state index in [2.05, 4.69) is 29.0 Å². The van der Waals surface area contributed by atoms with Crippen LogP contribution >= 0.6 is 0 Å². The Morgan fingerprint density at radius 1 is 1.26 bits per heavy atom. The Morgan fingerprint density at radius 3 is 2.53 bits per heavy atom. The first kappa shape index (κ1) is 16.9. The van der Waals surface area contributed by atoms with E-state index >= 15 is 0 Å². The van der Waals surface area contributed by atoms with Gasteiger partial charge in [-0.15, -0.1) is 0 Å². The fourth-order valence-corrected chi connectivity index (χ4v) is 4.11. The topological polar surface area (TPSA) is 52.6 Å². The van der Waals surface area contributed by atoms with Crippen LogP contribution in [0.15, 0.2) is 0 Å². The molecule has 1 unspecified atom stereocenters. The van der Waals surface area contributed by atoms with E-state index in [1.165, 1.54) is 0 Å². The molecule has 1 aliphatic heterocycles. The minimum Gasteiger partial charge on any atom is -0.314 e. The van der Waals surface area contributed by atoms with Crippen LogP contribution in [0.3, 0.4) is 0 Å². The van der Waals surface area contributed by atoms with Gasteiger partial charge < -0.3 is 10.2 Å². The lowest BCUT2D eigenvalue weighted by atomic mass is 10.3. The maximum atomic E-state index is 11.5. The molecule has 1 saturated heterocycles. The molecule has 1 heterocycles. The number of nitrogens with zero attached hydrogens (tertiary/aromatic N) is 2. The number of rotatable bonds is 8. The lowest BCUT2D eigenvalue weighted by molar-refractivity contribution is 0.224. The Hall–Kier alpha value is -0.170. The minimum absolute atomic E-state index is 0.156. The summed E-state index contributed by atoms with van der Waals surface area (Å²) in [7, 11) is -2.79. The van der Waals surface area contributed by atoms with Crippen LogP contribution in [0.5, 0.6) is 0 Å². The van der Waals surface area contributed by atoms with Gasteiger partial charge in [-0.3, -0.25) is 4.90 Å². The predicted molar refractivity (Wildman–Crippen MR) is 80.3 cm³/mol. The van der Waals surface area contributed by atoms with Crippen molar-refractivity contribution >= 4 is 9.84 Å². The van der Waals surface area contributed by atoms with Crippen LogP contribution in [0.2, 0.25) is 0 Å². The Labute approximate surface area is 118 Å². The van der Waals surface area contributed by atoms with Gasteiger partial charge in [0.25, 0.3) is 0 Å². The van der Waals surface area contributed by atoms with Crippen LogP contribution in [0.25, 0.3) is 0 Å². The second-order valence-electron chi connectivity index (χ2n) is 5.28. The molecule has 114 valence electrons. The highest BCUT2D eigenvalue weighted by Crippen LogP contribution is 2.10. The van der Waals surface area contributed by atoms with Gasteiger partial charge in [0.15, 0.2) is 9.84 Å². The summed E-state index contributed by atoms with van der Waals surface area (Å²) >= 11 is 0. The molecular weight excluding hydrogens is 262 g/mol. The van der Waals surface area contributed by atoms with Gasteiger partial charge in [-0.1, -0.05) is 13.8 Å². The smallest absolute Gasteiger partial charge is 0.153 e. The molecule has 0 aromatic rings. The predicted octanol–water partition coefficient (Wildman–Crippen LogP) is 0.0367. The third kappa shape index (κ3) is 6.21. The van der Waals surface area contributed by atoms with Gasteiger partial charge in [-0.25, -0.2) is 8.42 Å². The molecule has 0 aromatic carbocycles. The van der Waals surface area contributed by atoms with Crippen molar-refractivity contribution in [3.63, 3.8) is 0 Å². The van der Waals surface area contributed by atoms with Gasteiger partial charge in [-0.05, 0) is 20.0 Å². The van der Waals surface area contributed by atoms with Crippen molar-refractivity contribution in [2.75, 3.05) is 57.3 Å². The summed E-state index contributed by atoms with van der Waals surface area (Å²) in [5.41, 5.74) is 0. The summed E-state index contributed by atoms with van der Waals surface area (Å²) < 4.78 is 23.0. The molecule has 0 saturated carbocycles. The van der Waals surface area contributed by atoms with Crippen LogP contribution in [0.4, 0.5) is 0 Å². The zero-order valence-electron chi connectivity index (χ0n) is 12.6. The van der Waals surface area contributed by atoms with Crippen LogP contribution < -0.4 is 5.32 Å². The molecule has 1 rings (SSSR count). The van der Waals surface area contributed by atoms with Crippen LogP contribution in [-0.2, 0) is 9.84 Å². The average molecular weight is 291 g/mol. The van der Waals surface area contributed by atoms with Crippen molar-refractivity contribution in [3.05, 3.63) is 0 Å². The number of hydrogen-bond donors (Lipinski definition) is 1. The molecule has 6 heteroatoms. The number of likely N-dealkylation sites (N-methyl/N-ethyl adjacent to an activating group) is 1. The quantitative estimate of drug-likeness (QED) is 0.640. The van der Waals surface area contributed by atoms with E-state index in [4.69, 9.17) is 0 Å². The average Bonchev–Trinajstić information content (AvgIpc) is 2.35.